The van der Waals surface area contributed by atoms with Crippen LogP contribution in [0.4, 0.5) is 0 Å². The van der Waals surface area contributed by atoms with Crippen molar-refractivity contribution in [3.63, 3.8) is 0 Å². The van der Waals surface area contributed by atoms with Gasteiger partial charge in [0.25, 0.3) is 0 Å². The molecule has 24 heavy (non-hydrogen) atoms. The van der Waals surface area contributed by atoms with Crippen LogP contribution in [-0.4, -0.2) is 30.7 Å². The highest BCUT2D eigenvalue weighted by Gasteiger charge is 2.19. The highest BCUT2D eigenvalue weighted by molar-refractivity contribution is 5.91. The standard InChI is InChI=1S/C18H21NO5/c1-3-13-8-9-16(24-13)15(11-23-2)19-17(20)10-12-6-4-5-7-14(12)18(21)22/h4-9,15H,3,10-11H2,1-2H3,(H,19,20)(H,21,22). The molecule has 0 spiro atoms. The Balaban J connectivity index is 2.10. The molecule has 0 aliphatic carbocycles. The fraction of sp³-hybridized carbons (Fsp3) is 0.333. The molecule has 1 heterocycles. The normalized spacial score (nSPS) is 11.9. The van der Waals surface area contributed by atoms with Crippen LogP contribution in [-0.2, 0) is 22.4 Å². The van der Waals surface area contributed by atoms with Crippen molar-refractivity contribution >= 4 is 11.9 Å². The fourth-order valence-electron chi connectivity index (χ4n) is 2.43. The van der Waals surface area contributed by atoms with Crippen molar-refractivity contribution < 1.29 is 23.8 Å². The molecule has 0 fully saturated rings. The van der Waals surface area contributed by atoms with E-state index in [9.17, 15) is 14.7 Å². The molecule has 6 heteroatoms. The van der Waals surface area contributed by atoms with Gasteiger partial charge < -0.3 is 19.6 Å². The molecule has 1 amide bonds. The second kappa shape index (κ2) is 8.31. The average Bonchev–Trinajstić information content (AvgIpc) is 3.03. The zero-order chi connectivity index (χ0) is 17.5. The quantitative estimate of drug-likeness (QED) is 0.776. The van der Waals surface area contributed by atoms with Crippen LogP contribution in [0, 0.1) is 0 Å². The van der Waals surface area contributed by atoms with Crippen molar-refractivity contribution in [3.8, 4) is 0 Å². The van der Waals surface area contributed by atoms with Crippen LogP contribution in [0.1, 0.15) is 40.4 Å². The Morgan fingerprint density at radius 1 is 1.25 bits per heavy atom. The van der Waals surface area contributed by atoms with Crippen molar-refractivity contribution in [2.75, 3.05) is 13.7 Å². The molecule has 0 saturated carbocycles. The number of carbonyl (C=O) groups excluding carboxylic acids is 1. The minimum absolute atomic E-state index is 0.0238. The molecule has 2 aromatic rings. The summed E-state index contributed by atoms with van der Waals surface area (Å²) in [6.07, 6.45) is 0.740. The number of benzene rings is 1. The number of furan rings is 1. The van der Waals surface area contributed by atoms with E-state index in [1.54, 1.807) is 25.3 Å². The van der Waals surface area contributed by atoms with Crippen LogP contribution in [0.3, 0.4) is 0 Å². The van der Waals surface area contributed by atoms with E-state index >= 15 is 0 Å². The predicted octanol–water partition coefficient (Wildman–Crippen LogP) is 2.59. The van der Waals surface area contributed by atoms with Crippen molar-refractivity contribution in [1.29, 1.82) is 0 Å². The summed E-state index contributed by atoms with van der Waals surface area (Å²) in [5.74, 6) is 0.107. The lowest BCUT2D eigenvalue weighted by Gasteiger charge is -2.16. The molecule has 1 atom stereocenters. The molecule has 0 radical (unpaired) electrons. The van der Waals surface area contributed by atoms with Gasteiger partial charge in [-0.2, -0.15) is 0 Å². The van der Waals surface area contributed by atoms with Gasteiger partial charge in [-0.15, -0.1) is 0 Å². The van der Waals surface area contributed by atoms with Crippen LogP contribution >= 0.6 is 0 Å². The highest BCUT2D eigenvalue weighted by atomic mass is 16.5. The number of carbonyl (C=O) groups is 2. The van der Waals surface area contributed by atoms with Crippen molar-refractivity contribution in [2.45, 2.75) is 25.8 Å². The predicted molar refractivity (Wildman–Crippen MR) is 88.0 cm³/mol. The maximum atomic E-state index is 12.3. The first-order valence-corrected chi connectivity index (χ1v) is 7.73. The van der Waals surface area contributed by atoms with E-state index in [0.717, 1.165) is 12.2 Å². The van der Waals surface area contributed by atoms with Gasteiger partial charge in [-0.3, -0.25) is 4.79 Å². The Bertz CT molecular complexity index is 707. The summed E-state index contributed by atoms with van der Waals surface area (Å²) in [5.41, 5.74) is 0.592. The third-order valence-corrected chi connectivity index (χ3v) is 3.64. The lowest BCUT2D eigenvalue weighted by atomic mass is 10.0. The number of rotatable bonds is 8. The van der Waals surface area contributed by atoms with E-state index in [2.05, 4.69) is 5.32 Å². The SMILES string of the molecule is CCc1ccc(C(COC)NC(=O)Cc2ccccc2C(=O)O)o1. The molecular formula is C18H21NO5. The van der Waals surface area contributed by atoms with Gasteiger partial charge >= 0.3 is 5.97 Å². The van der Waals surface area contributed by atoms with Gasteiger partial charge in [0.2, 0.25) is 5.91 Å². The Morgan fingerprint density at radius 2 is 2.00 bits per heavy atom. The average molecular weight is 331 g/mol. The van der Waals surface area contributed by atoms with E-state index in [1.165, 1.54) is 6.07 Å². The van der Waals surface area contributed by atoms with E-state index in [1.807, 2.05) is 19.1 Å². The van der Waals surface area contributed by atoms with Crippen molar-refractivity contribution in [3.05, 3.63) is 59.0 Å². The van der Waals surface area contributed by atoms with E-state index < -0.39 is 12.0 Å². The topological polar surface area (TPSA) is 88.8 Å². The molecule has 0 aliphatic heterocycles. The van der Waals surface area contributed by atoms with Gasteiger partial charge in [0, 0.05) is 13.5 Å². The molecule has 0 aliphatic rings. The molecule has 1 aromatic carbocycles. The van der Waals surface area contributed by atoms with Crippen LogP contribution < -0.4 is 5.32 Å². The van der Waals surface area contributed by atoms with Gasteiger partial charge in [-0.05, 0) is 23.8 Å². The monoisotopic (exact) mass is 331 g/mol. The maximum Gasteiger partial charge on any atom is 0.335 e. The number of nitrogens with one attached hydrogen (secondary N) is 1. The van der Waals surface area contributed by atoms with Gasteiger partial charge in [0.05, 0.1) is 18.6 Å². The molecule has 6 nitrogen and oxygen atoms in total. The van der Waals surface area contributed by atoms with Gasteiger partial charge in [-0.1, -0.05) is 25.1 Å². The number of hydrogen-bond donors (Lipinski definition) is 2. The van der Waals surface area contributed by atoms with Gasteiger partial charge in [-0.25, -0.2) is 4.79 Å². The Morgan fingerprint density at radius 3 is 2.62 bits per heavy atom. The van der Waals surface area contributed by atoms with Crippen LogP contribution in [0.15, 0.2) is 40.8 Å². The molecule has 128 valence electrons. The smallest absolute Gasteiger partial charge is 0.335 e. The summed E-state index contributed by atoms with van der Waals surface area (Å²) in [5, 5.41) is 12.0. The van der Waals surface area contributed by atoms with E-state index in [0.29, 0.717) is 11.3 Å². The molecule has 2 rings (SSSR count). The number of carboxylic acid groups (broad SMARTS) is 1. The summed E-state index contributed by atoms with van der Waals surface area (Å²) < 4.78 is 10.8. The zero-order valence-electron chi connectivity index (χ0n) is 13.7. The third-order valence-electron chi connectivity index (χ3n) is 3.64. The molecule has 2 N–H and O–H groups in total. The van der Waals surface area contributed by atoms with Crippen molar-refractivity contribution in [1.82, 2.24) is 5.32 Å². The molecule has 0 saturated heterocycles. The maximum absolute atomic E-state index is 12.3. The summed E-state index contributed by atoms with van der Waals surface area (Å²) in [4.78, 5) is 23.5. The largest absolute Gasteiger partial charge is 0.478 e. The Labute approximate surface area is 140 Å². The molecular weight excluding hydrogens is 310 g/mol. The summed E-state index contributed by atoms with van der Waals surface area (Å²) in [6.45, 7) is 2.25. The second-order valence-electron chi connectivity index (χ2n) is 5.37. The number of methoxy groups -OCH3 is 1. The minimum Gasteiger partial charge on any atom is -0.478 e. The lowest BCUT2D eigenvalue weighted by Crippen LogP contribution is -2.32. The lowest BCUT2D eigenvalue weighted by molar-refractivity contribution is -0.121. The highest BCUT2D eigenvalue weighted by Crippen LogP contribution is 2.18. The van der Waals surface area contributed by atoms with Crippen LogP contribution in [0.5, 0.6) is 0 Å². The summed E-state index contributed by atoms with van der Waals surface area (Å²) >= 11 is 0. The molecule has 1 aromatic heterocycles. The summed E-state index contributed by atoms with van der Waals surface area (Å²) in [6, 6.07) is 9.72. The van der Waals surface area contributed by atoms with Crippen molar-refractivity contribution in [2.24, 2.45) is 0 Å². The first kappa shape index (κ1) is 17.7. The first-order chi connectivity index (χ1) is 11.5. The number of amides is 1. The number of aromatic carboxylic acids is 1. The van der Waals surface area contributed by atoms with E-state index in [4.69, 9.17) is 9.15 Å². The third kappa shape index (κ3) is 4.45. The number of ether oxygens (including phenoxy) is 1. The van der Waals surface area contributed by atoms with Gasteiger partial charge in [0.1, 0.15) is 17.6 Å². The number of carboxylic acids is 1. The summed E-state index contributed by atoms with van der Waals surface area (Å²) in [7, 11) is 1.54. The first-order valence-electron chi connectivity index (χ1n) is 7.73. The Hall–Kier alpha value is -2.60. The minimum atomic E-state index is -1.05. The Kier molecular flexibility index (Phi) is 6.14. The second-order valence-corrected chi connectivity index (χ2v) is 5.37. The van der Waals surface area contributed by atoms with Crippen LogP contribution in [0.25, 0.3) is 0 Å². The fourth-order valence-corrected chi connectivity index (χ4v) is 2.43. The zero-order valence-corrected chi connectivity index (χ0v) is 13.7. The van der Waals surface area contributed by atoms with Crippen LogP contribution in [0.2, 0.25) is 0 Å². The molecule has 0 bridgehead atoms. The van der Waals surface area contributed by atoms with E-state index in [-0.39, 0.29) is 24.5 Å². The number of hydrogen-bond acceptors (Lipinski definition) is 4. The molecule has 1 unspecified atom stereocenters. The van der Waals surface area contributed by atoms with Gasteiger partial charge in [0.15, 0.2) is 0 Å². The number of aryl methyl sites for hydroxylation is 1.